The molecule has 2 aromatic rings. The van der Waals surface area contributed by atoms with Gasteiger partial charge in [0.25, 0.3) is 0 Å². The van der Waals surface area contributed by atoms with Crippen molar-refractivity contribution in [1.29, 1.82) is 0 Å². The van der Waals surface area contributed by atoms with E-state index in [1.54, 1.807) is 43.3 Å². The normalized spacial score (nSPS) is 10.8. The molecular weight excluding hydrogens is 378 g/mol. The zero-order valence-corrected chi connectivity index (χ0v) is 15.5. The molecule has 0 fully saturated rings. The van der Waals surface area contributed by atoms with Crippen molar-refractivity contribution in [3.05, 3.63) is 70.0 Å². The molecule has 0 aliphatic rings. The van der Waals surface area contributed by atoms with Crippen molar-refractivity contribution in [2.75, 3.05) is 18.4 Å². The molecule has 0 bridgehead atoms. The van der Waals surface area contributed by atoms with Crippen LogP contribution in [-0.4, -0.2) is 29.8 Å². The first-order valence-corrected chi connectivity index (χ1v) is 8.62. The molecule has 0 spiro atoms. The van der Waals surface area contributed by atoms with E-state index in [9.17, 15) is 14.0 Å². The lowest BCUT2D eigenvalue weighted by molar-refractivity contribution is -0.130. The van der Waals surface area contributed by atoms with Crippen LogP contribution in [0, 0.1) is 5.82 Å². The lowest BCUT2D eigenvalue weighted by Crippen LogP contribution is -2.37. The summed E-state index contributed by atoms with van der Waals surface area (Å²) in [6.07, 6.45) is 2.90. The van der Waals surface area contributed by atoms with Crippen molar-refractivity contribution >= 4 is 46.8 Å². The van der Waals surface area contributed by atoms with E-state index in [2.05, 4.69) is 5.32 Å². The van der Waals surface area contributed by atoms with Gasteiger partial charge in [0.2, 0.25) is 11.8 Å². The molecule has 136 valence electrons. The SMILES string of the molecule is CCN(CC(=O)Nc1c(Cl)cccc1Cl)C(=O)/C=C/c1ccc(F)cc1. The van der Waals surface area contributed by atoms with E-state index < -0.39 is 5.91 Å². The van der Waals surface area contributed by atoms with Gasteiger partial charge in [-0.05, 0) is 42.8 Å². The first-order valence-electron chi connectivity index (χ1n) is 7.87. The second-order valence-corrected chi connectivity index (χ2v) is 6.20. The zero-order valence-electron chi connectivity index (χ0n) is 14.0. The van der Waals surface area contributed by atoms with Crippen LogP contribution in [0.5, 0.6) is 0 Å². The summed E-state index contributed by atoms with van der Waals surface area (Å²) in [5, 5.41) is 3.25. The van der Waals surface area contributed by atoms with Crippen LogP contribution in [-0.2, 0) is 9.59 Å². The Morgan fingerprint density at radius 1 is 1.12 bits per heavy atom. The smallest absolute Gasteiger partial charge is 0.247 e. The summed E-state index contributed by atoms with van der Waals surface area (Å²) in [7, 11) is 0. The molecule has 0 saturated carbocycles. The molecule has 0 atom stereocenters. The highest BCUT2D eigenvalue weighted by Crippen LogP contribution is 2.29. The second-order valence-electron chi connectivity index (χ2n) is 5.38. The van der Waals surface area contributed by atoms with E-state index in [0.717, 1.165) is 0 Å². The fourth-order valence-electron chi connectivity index (χ4n) is 2.16. The fraction of sp³-hybridized carbons (Fsp3) is 0.158. The summed E-state index contributed by atoms with van der Waals surface area (Å²) < 4.78 is 12.9. The Bertz CT molecular complexity index is 803. The van der Waals surface area contributed by atoms with Crippen molar-refractivity contribution in [1.82, 2.24) is 4.90 Å². The monoisotopic (exact) mass is 394 g/mol. The maximum atomic E-state index is 12.9. The van der Waals surface area contributed by atoms with E-state index in [0.29, 0.717) is 27.8 Å². The quantitative estimate of drug-likeness (QED) is 0.725. The molecule has 2 aromatic carbocycles. The summed E-state index contributed by atoms with van der Waals surface area (Å²) in [6, 6.07) is 10.6. The largest absolute Gasteiger partial charge is 0.330 e. The van der Waals surface area contributed by atoms with Crippen LogP contribution in [0.1, 0.15) is 12.5 Å². The second kappa shape index (κ2) is 9.36. The van der Waals surface area contributed by atoms with Gasteiger partial charge in [0.15, 0.2) is 0 Å². The number of hydrogen-bond donors (Lipinski definition) is 1. The number of halogens is 3. The summed E-state index contributed by atoms with van der Waals surface area (Å²) in [5.74, 6) is -1.10. The molecule has 0 unspecified atom stereocenters. The molecule has 0 aliphatic carbocycles. The highest BCUT2D eigenvalue weighted by molar-refractivity contribution is 6.39. The number of rotatable bonds is 6. The Balaban J connectivity index is 2.00. The van der Waals surface area contributed by atoms with Gasteiger partial charge < -0.3 is 10.2 Å². The molecule has 26 heavy (non-hydrogen) atoms. The van der Waals surface area contributed by atoms with Crippen molar-refractivity contribution in [2.45, 2.75) is 6.92 Å². The van der Waals surface area contributed by atoms with Crippen LogP contribution in [0.4, 0.5) is 10.1 Å². The number of nitrogens with one attached hydrogen (secondary N) is 1. The predicted molar refractivity (Wildman–Crippen MR) is 103 cm³/mol. The minimum absolute atomic E-state index is 0.148. The predicted octanol–water partition coefficient (Wildman–Crippen LogP) is 4.63. The molecule has 2 amide bonds. The van der Waals surface area contributed by atoms with Crippen molar-refractivity contribution in [2.24, 2.45) is 0 Å². The minimum atomic E-state index is -0.412. The number of benzene rings is 2. The van der Waals surface area contributed by atoms with Gasteiger partial charge in [-0.25, -0.2) is 4.39 Å². The van der Waals surface area contributed by atoms with Crippen molar-refractivity contribution < 1.29 is 14.0 Å². The van der Waals surface area contributed by atoms with Crippen LogP contribution in [0.3, 0.4) is 0 Å². The molecule has 2 rings (SSSR count). The highest BCUT2D eigenvalue weighted by atomic mass is 35.5. The number of nitrogens with zero attached hydrogens (tertiary/aromatic N) is 1. The molecule has 4 nitrogen and oxygen atoms in total. The Hall–Kier alpha value is -2.37. The maximum absolute atomic E-state index is 12.9. The Morgan fingerprint density at radius 2 is 1.73 bits per heavy atom. The Morgan fingerprint density at radius 3 is 2.31 bits per heavy atom. The molecule has 7 heteroatoms. The van der Waals surface area contributed by atoms with Gasteiger partial charge in [-0.3, -0.25) is 9.59 Å². The minimum Gasteiger partial charge on any atom is -0.330 e. The third kappa shape index (κ3) is 5.58. The molecule has 0 aliphatic heterocycles. The van der Waals surface area contributed by atoms with Gasteiger partial charge in [0.1, 0.15) is 12.4 Å². The third-order valence-electron chi connectivity index (χ3n) is 3.54. The Kier molecular flexibility index (Phi) is 7.18. The van der Waals surface area contributed by atoms with Gasteiger partial charge in [-0.1, -0.05) is 41.4 Å². The molecule has 0 aromatic heterocycles. The van der Waals surface area contributed by atoms with Crippen LogP contribution in [0.2, 0.25) is 10.0 Å². The molecular formula is C19H17Cl2FN2O2. The number of carbonyl (C=O) groups is 2. The Labute approximate surface area is 161 Å². The number of hydrogen-bond acceptors (Lipinski definition) is 2. The topological polar surface area (TPSA) is 49.4 Å². The third-order valence-corrected chi connectivity index (χ3v) is 4.17. The van der Waals surface area contributed by atoms with Crippen LogP contribution in [0.15, 0.2) is 48.5 Å². The van der Waals surface area contributed by atoms with Crippen molar-refractivity contribution in [3.63, 3.8) is 0 Å². The average Bonchev–Trinajstić information content (AvgIpc) is 2.62. The fourth-order valence-corrected chi connectivity index (χ4v) is 2.65. The lowest BCUT2D eigenvalue weighted by Gasteiger charge is -2.19. The number of para-hydroxylation sites is 1. The van der Waals surface area contributed by atoms with Crippen LogP contribution >= 0.6 is 23.2 Å². The maximum Gasteiger partial charge on any atom is 0.247 e. The summed E-state index contributed by atoms with van der Waals surface area (Å²) in [5.41, 5.74) is 0.995. The van der Waals surface area contributed by atoms with Gasteiger partial charge in [0.05, 0.1) is 15.7 Å². The first-order chi connectivity index (χ1) is 12.4. The van der Waals surface area contributed by atoms with E-state index >= 15 is 0 Å². The molecule has 1 N–H and O–H groups in total. The number of carbonyl (C=O) groups excluding carboxylic acids is 2. The molecule has 0 saturated heterocycles. The standard InChI is InChI=1S/C19H17Cl2FN2O2/c1-2-24(18(26)11-8-13-6-9-14(22)10-7-13)12-17(25)23-19-15(20)4-3-5-16(19)21/h3-11H,2,12H2,1H3,(H,23,25)/b11-8+. The lowest BCUT2D eigenvalue weighted by atomic mass is 10.2. The van der Waals surface area contributed by atoms with E-state index in [1.165, 1.54) is 23.1 Å². The van der Waals surface area contributed by atoms with Gasteiger partial charge in [-0.15, -0.1) is 0 Å². The zero-order chi connectivity index (χ0) is 19.1. The van der Waals surface area contributed by atoms with Crippen molar-refractivity contribution in [3.8, 4) is 0 Å². The van der Waals surface area contributed by atoms with Gasteiger partial charge in [-0.2, -0.15) is 0 Å². The number of amides is 2. The first kappa shape index (κ1) is 19.9. The van der Waals surface area contributed by atoms with Crippen LogP contribution < -0.4 is 5.32 Å². The molecule has 0 heterocycles. The van der Waals surface area contributed by atoms with Crippen LogP contribution in [0.25, 0.3) is 6.08 Å². The van der Waals surface area contributed by atoms with E-state index in [1.807, 2.05) is 0 Å². The number of anilines is 1. The van der Waals surface area contributed by atoms with E-state index in [4.69, 9.17) is 23.2 Å². The summed E-state index contributed by atoms with van der Waals surface area (Å²) >= 11 is 12.0. The summed E-state index contributed by atoms with van der Waals surface area (Å²) in [6.45, 7) is 1.96. The highest BCUT2D eigenvalue weighted by Gasteiger charge is 2.15. The molecule has 0 radical (unpaired) electrons. The van der Waals surface area contributed by atoms with E-state index in [-0.39, 0.29) is 18.3 Å². The summed E-state index contributed by atoms with van der Waals surface area (Å²) in [4.78, 5) is 25.8. The van der Waals surface area contributed by atoms with Gasteiger partial charge >= 0.3 is 0 Å². The van der Waals surface area contributed by atoms with Gasteiger partial charge in [0, 0.05) is 12.6 Å². The number of likely N-dealkylation sites (N-methyl/N-ethyl adjacent to an activating group) is 1. The average molecular weight is 395 g/mol.